The maximum Gasteiger partial charge on any atom is 0.230 e. The Morgan fingerprint density at radius 3 is 3.00 bits per heavy atom. The number of hydrogen-bond donors (Lipinski definition) is 2. The van der Waals surface area contributed by atoms with E-state index in [9.17, 15) is 9.90 Å². The molecule has 3 unspecified atom stereocenters. The van der Waals surface area contributed by atoms with E-state index in [-0.39, 0.29) is 30.5 Å². The molecule has 0 saturated carbocycles. The lowest BCUT2D eigenvalue weighted by atomic mass is 9.96. The molecule has 2 saturated heterocycles. The van der Waals surface area contributed by atoms with Gasteiger partial charge in [0.1, 0.15) is 0 Å². The maximum absolute atomic E-state index is 12.6. The van der Waals surface area contributed by atoms with Gasteiger partial charge in [0.15, 0.2) is 0 Å². The van der Waals surface area contributed by atoms with Gasteiger partial charge in [-0.15, -0.1) is 0 Å². The molecule has 2 heterocycles. The van der Waals surface area contributed by atoms with Gasteiger partial charge < -0.3 is 20.1 Å². The van der Waals surface area contributed by atoms with Crippen molar-refractivity contribution in [2.24, 2.45) is 5.92 Å². The van der Waals surface area contributed by atoms with Gasteiger partial charge in [-0.25, -0.2) is 0 Å². The molecule has 2 N–H and O–H groups in total. The number of piperidine rings is 1. The van der Waals surface area contributed by atoms with Gasteiger partial charge in [0.25, 0.3) is 0 Å². The van der Waals surface area contributed by atoms with Crippen LogP contribution in [0.5, 0.6) is 0 Å². The third kappa shape index (κ3) is 3.46. The Bertz CT molecular complexity index is 298. The fourth-order valence-electron chi connectivity index (χ4n) is 3.02. The number of nitrogens with one attached hydrogen (secondary N) is 1. The van der Waals surface area contributed by atoms with Crippen LogP contribution in [0.4, 0.5) is 0 Å². The number of nitrogens with zero attached hydrogens (tertiary/aromatic N) is 1. The number of likely N-dealkylation sites (tertiary alicyclic amines) is 1. The molecule has 0 radical (unpaired) electrons. The average molecular weight is 270 g/mol. The van der Waals surface area contributed by atoms with Crippen LogP contribution in [0.25, 0.3) is 0 Å². The smallest absolute Gasteiger partial charge is 0.230 e. The SMILES string of the molecule is CCCNC1COCC1C(=O)N1CCCCC1CO. The lowest BCUT2D eigenvalue weighted by Crippen LogP contribution is -2.52. The number of aliphatic hydroxyl groups excluding tert-OH is 1. The summed E-state index contributed by atoms with van der Waals surface area (Å²) in [4.78, 5) is 14.5. The number of carbonyl (C=O) groups is 1. The highest BCUT2D eigenvalue weighted by Crippen LogP contribution is 2.23. The van der Waals surface area contributed by atoms with Crippen molar-refractivity contribution in [3.05, 3.63) is 0 Å². The summed E-state index contributed by atoms with van der Waals surface area (Å²) < 4.78 is 5.48. The van der Waals surface area contributed by atoms with Crippen LogP contribution >= 0.6 is 0 Å². The molecule has 5 nitrogen and oxygen atoms in total. The molecule has 0 aromatic carbocycles. The first-order chi connectivity index (χ1) is 9.27. The second-order valence-corrected chi connectivity index (χ2v) is 5.57. The van der Waals surface area contributed by atoms with Crippen LogP contribution in [0.15, 0.2) is 0 Å². The summed E-state index contributed by atoms with van der Waals surface area (Å²) in [6, 6.07) is 0.141. The molecular formula is C14H26N2O3. The molecule has 0 aliphatic carbocycles. The highest BCUT2D eigenvalue weighted by atomic mass is 16.5. The largest absolute Gasteiger partial charge is 0.394 e. The van der Waals surface area contributed by atoms with Crippen molar-refractivity contribution < 1.29 is 14.6 Å². The third-order valence-corrected chi connectivity index (χ3v) is 4.18. The Morgan fingerprint density at radius 1 is 1.42 bits per heavy atom. The number of carbonyl (C=O) groups excluding carboxylic acids is 1. The molecule has 5 heteroatoms. The summed E-state index contributed by atoms with van der Waals surface area (Å²) in [5.41, 5.74) is 0. The Balaban J connectivity index is 1.96. The Hall–Kier alpha value is -0.650. The van der Waals surface area contributed by atoms with Gasteiger partial charge in [-0.05, 0) is 32.2 Å². The molecule has 1 amide bonds. The van der Waals surface area contributed by atoms with E-state index in [2.05, 4.69) is 12.2 Å². The lowest BCUT2D eigenvalue weighted by Gasteiger charge is -2.37. The van der Waals surface area contributed by atoms with Crippen LogP contribution in [-0.4, -0.2) is 60.9 Å². The number of ether oxygens (including phenoxy) is 1. The monoisotopic (exact) mass is 270 g/mol. The van der Waals surface area contributed by atoms with Crippen molar-refractivity contribution in [2.45, 2.75) is 44.7 Å². The Morgan fingerprint density at radius 2 is 2.26 bits per heavy atom. The maximum atomic E-state index is 12.6. The summed E-state index contributed by atoms with van der Waals surface area (Å²) >= 11 is 0. The summed E-state index contributed by atoms with van der Waals surface area (Å²) in [7, 11) is 0. The minimum absolute atomic E-state index is 0.00803. The number of rotatable bonds is 5. The zero-order valence-electron chi connectivity index (χ0n) is 11.8. The number of amides is 1. The van der Waals surface area contributed by atoms with Crippen LogP contribution in [-0.2, 0) is 9.53 Å². The molecule has 2 rings (SSSR count). The molecule has 0 spiro atoms. The molecule has 0 bridgehead atoms. The van der Waals surface area contributed by atoms with E-state index >= 15 is 0 Å². The first kappa shape index (κ1) is 14.8. The summed E-state index contributed by atoms with van der Waals surface area (Å²) in [6.07, 6.45) is 4.12. The van der Waals surface area contributed by atoms with E-state index in [0.29, 0.717) is 13.2 Å². The van der Waals surface area contributed by atoms with E-state index in [0.717, 1.165) is 38.8 Å². The number of hydrogen-bond acceptors (Lipinski definition) is 4. The van der Waals surface area contributed by atoms with Crippen molar-refractivity contribution in [3.63, 3.8) is 0 Å². The fraction of sp³-hybridized carbons (Fsp3) is 0.929. The molecule has 2 fully saturated rings. The standard InChI is InChI=1S/C14H26N2O3/c1-2-6-15-13-10-19-9-12(13)14(18)16-7-4-3-5-11(16)8-17/h11-13,15,17H,2-10H2,1H3. The van der Waals surface area contributed by atoms with Crippen LogP contribution in [0.1, 0.15) is 32.6 Å². The zero-order valence-corrected chi connectivity index (χ0v) is 11.8. The molecular weight excluding hydrogens is 244 g/mol. The summed E-state index contributed by atoms with van der Waals surface area (Å²) in [6.45, 7) is 5.02. The lowest BCUT2D eigenvalue weighted by molar-refractivity contribution is -0.140. The minimum Gasteiger partial charge on any atom is -0.394 e. The van der Waals surface area contributed by atoms with Gasteiger partial charge in [0.05, 0.1) is 31.8 Å². The summed E-state index contributed by atoms with van der Waals surface area (Å²) in [5, 5.41) is 12.8. The molecule has 3 atom stereocenters. The topological polar surface area (TPSA) is 61.8 Å². The zero-order chi connectivity index (χ0) is 13.7. The van der Waals surface area contributed by atoms with E-state index in [1.807, 2.05) is 4.90 Å². The second kappa shape index (κ2) is 7.22. The first-order valence-electron chi connectivity index (χ1n) is 7.50. The van der Waals surface area contributed by atoms with E-state index in [1.165, 1.54) is 0 Å². The second-order valence-electron chi connectivity index (χ2n) is 5.57. The minimum atomic E-state index is -0.0845. The molecule has 19 heavy (non-hydrogen) atoms. The van der Waals surface area contributed by atoms with E-state index in [4.69, 9.17) is 4.74 Å². The quantitative estimate of drug-likeness (QED) is 0.758. The van der Waals surface area contributed by atoms with Crippen LogP contribution < -0.4 is 5.32 Å². The van der Waals surface area contributed by atoms with Gasteiger partial charge in [-0.2, -0.15) is 0 Å². The van der Waals surface area contributed by atoms with Crippen molar-refractivity contribution in [1.82, 2.24) is 10.2 Å². The Labute approximate surface area is 115 Å². The highest BCUT2D eigenvalue weighted by molar-refractivity contribution is 5.80. The van der Waals surface area contributed by atoms with Crippen LogP contribution in [0, 0.1) is 5.92 Å². The molecule has 110 valence electrons. The molecule has 0 aromatic rings. The van der Waals surface area contributed by atoms with Crippen molar-refractivity contribution >= 4 is 5.91 Å². The summed E-state index contributed by atoms with van der Waals surface area (Å²) in [5.74, 6) is 0.0727. The highest BCUT2D eigenvalue weighted by Gasteiger charge is 2.38. The predicted molar refractivity (Wildman–Crippen MR) is 72.8 cm³/mol. The molecule has 0 aromatic heterocycles. The van der Waals surface area contributed by atoms with Crippen molar-refractivity contribution in [2.75, 3.05) is 32.9 Å². The normalized spacial score (nSPS) is 31.7. The van der Waals surface area contributed by atoms with Crippen LogP contribution in [0.2, 0.25) is 0 Å². The van der Waals surface area contributed by atoms with E-state index in [1.54, 1.807) is 0 Å². The average Bonchev–Trinajstić information content (AvgIpc) is 2.92. The molecule has 2 aliphatic heterocycles. The van der Waals surface area contributed by atoms with Gasteiger partial charge >= 0.3 is 0 Å². The Kier molecular flexibility index (Phi) is 5.60. The fourth-order valence-corrected chi connectivity index (χ4v) is 3.02. The predicted octanol–water partition coefficient (Wildman–Crippen LogP) is 0.374. The third-order valence-electron chi connectivity index (χ3n) is 4.18. The van der Waals surface area contributed by atoms with Gasteiger partial charge in [0, 0.05) is 12.6 Å². The van der Waals surface area contributed by atoms with E-state index < -0.39 is 0 Å². The van der Waals surface area contributed by atoms with Gasteiger partial charge in [-0.1, -0.05) is 6.92 Å². The van der Waals surface area contributed by atoms with Crippen molar-refractivity contribution in [1.29, 1.82) is 0 Å². The molecule has 2 aliphatic rings. The van der Waals surface area contributed by atoms with Crippen LogP contribution in [0.3, 0.4) is 0 Å². The van der Waals surface area contributed by atoms with Gasteiger partial charge in [0.2, 0.25) is 5.91 Å². The first-order valence-corrected chi connectivity index (χ1v) is 7.50. The van der Waals surface area contributed by atoms with Crippen molar-refractivity contribution in [3.8, 4) is 0 Å². The van der Waals surface area contributed by atoms with Gasteiger partial charge in [-0.3, -0.25) is 4.79 Å². The number of aliphatic hydroxyl groups is 1.